The van der Waals surface area contributed by atoms with Crippen LogP contribution in [0.1, 0.15) is 31.7 Å². The van der Waals surface area contributed by atoms with Gasteiger partial charge in [-0.05, 0) is 49.8 Å². The average Bonchev–Trinajstić information content (AvgIpc) is 2.45. The van der Waals surface area contributed by atoms with Crippen molar-refractivity contribution in [3.05, 3.63) is 35.6 Å². The molecule has 1 amide bonds. The lowest BCUT2D eigenvalue weighted by molar-refractivity contribution is -0.133. The van der Waals surface area contributed by atoms with E-state index in [9.17, 15) is 9.18 Å². The third kappa shape index (κ3) is 4.04. The van der Waals surface area contributed by atoms with Crippen molar-refractivity contribution >= 4 is 5.91 Å². The fourth-order valence-corrected chi connectivity index (χ4v) is 2.77. The molecule has 1 fully saturated rings. The second-order valence-electron chi connectivity index (χ2n) is 5.73. The Bertz CT molecular complexity index is 462. The van der Waals surface area contributed by atoms with Crippen molar-refractivity contribution in [2.45, 2.75) is 38.6 Å². The van der Waals surface area contributed by atoms with E-state index in [1.54, 1.807) is 6.07 Å². The second-order valence-corrected chi connectivity index (χ2v) is 5.73. The van der Waals surface area contributed by atoms with Gasteiger partial charge in [0.2, 0.25) is 5.91 Å². The number of carbonyl (C=O) groups is 1. The Labute approximate surface area is 120 Å². The Morgan fingerprint density at radius 2 is 2.35 bits per heavy atom. The van der Waals surface area contributed by atoms with Gasteiger partial charge in [-0.1, -0.05) is 12.1 Å². The van der Waals surface area contributed by atoms with Crippen LogP contribution in [0.15, 0.2) is 24.3 Å². The topological polar surface area (TPSA) is 46.3 Å². The van der Waals surface area contributed by atoms with Gasteiger partial charge in [-0.2, -0.15) is 0 Å². The largest absolute Gasteiger partial charge is 0.342 e. The summed E-state index contributed by atoms with van der Waals surface area (Å²) in [5.41, 5.74) is 6.81. The maximum atomic E-state index is 13.1. The van der Waals surface area contributed by atoms with E-state index in [4.69, 9.17) is 5.73 Å². The maximum Gasteiger partial charge on any atom is 0.222 e. The van der Waals surface area contributed by atoms with E-state index >= 15 is 0 Å². The van der Waals surface area contributed by atoms with Crippen LogP contribution in [0.4, 0.5) is 4.39 Å². The molecule has 0 unspecified atom stereocenters. The highest BCUT2D eigenvalue weighted by Gasteiger charge is 2.25. The SMILES string of the molecule is C[C@H](N)[C@@H]1CCCN(C(=O)CCc2cccc(F)c2)C1. The van der Waals surface area contributed by atoms with Gasteiger partial charge < -0.3 is 10.6 Å². The van der Waals surface area contributed by atoms with Gasteiger partial charge in [-0.25, -0.2) is 4.39 Å². The van der Waals surface area contributed by atoms with E-state index in [0.717, 1.165) is 31.5 Å². The van der Waals surface area contributed by atoms with Crippen molar-refractivity contribution in [1.82, 2.24) is 4.90 Å². The lowest BCUT2D eigenvalue weighted by Crippen LogP contribution is -2.45. The summed E-state index contributed by atoms with van der Waals surface area (Å²) in [4.78, 5) is 14.1. The van der Waals surface area contributed by atoms with Crippen LogP contribution < -0.4 is 5.73 Å². The molecular formula is C16H23FN2O. The molecule has 1 heterocycles. The minimum Gasteiger partial charge on any atom is -0.342 e. The number of amides is 1. The van der Waals surface area contributed by atoms with Gasteiger partial charge in [0.25, 0.3) is 0 Å². The molecule has 1 aromatic rings. The number of carbonyl (C=O) groups excluding carboxylic acids is 1. The van der Waals surface area contributed by atoms with Gasteiger partial charge in [-0.3, -0.25) is 4.79 Å². The first-order valence-corrected chi connectivity index (χ1v) is 7.34. The number of halogens is 1. The summed E-state index contributed by atoms with van der Waals surface area (Å²) < 4.78 is 13.1. The van der Waals surface area contributed by atoms with Crippen molar-refractivity contribution in [3.8, 4) is 0 Å². The molecule has 1 aliphatic rings. The Morgan fingerprint density at radius 1 is 1.55 bits per heavy atom. The summed E-state index contributed by atoms with van der Waals surface area (Å²) in [5, 5.41) is 0. The van der Waals surface area contributed by atoms with Crippen molar-refractivity contribution in [2.24, 2.45) is 11.7 Å². The first-order chi connectivity index (χ1) is 9.56. The fourth-order valence-electron chi connectivity index (χ4n) is 2.77. The van der Waals surface area contributed by atoms with Gasteiger partial charge >= 0.3 is 0 Å². The van der Waals surface area contributed by atoms with Crippen LogP contribution in [-0.4, -0.2) is 29.9 Å². The summed E-state index contributed by atoms with van der Waals surface area (Å²) in [5.74, 6) is 0.312. The third-order valence-electron chi connectivity index (χ3n) is 4.07. The highest BCUT2D eigenvalue weighted by atomic mass is 19.1. The average molecular weight is 278 g/mol. The summed E-state index contributed by atoms with van der Waals surface area (Å²) in [7, 11) is 0. The van der Waals surface area contributed by atoms with Gasteiger partial charge in [0, 0.05) is 25.6 Å². The zero-order valence-electron chi connectivity index (χ0n) is 12.0. The second kappa shape index (κ2) is 6.84. The smallest absolute Gasteiger partial charge is 0.222 e. The van der Waals surface area contributed by atoms with Gasteiger partial charge in [-0.15, -0.1) is 0 Å². The molecule has 2 rings (SSSR count). The number of nitrogens with zero attached hydrogens (tertiary/aromatic N) is 1. The number of piperidine rings is 1. The van der Waals surface area contributed by atoms with Crippen molar-refractivity contribution in [1.29, 1.82) is 0 Å². The van der Waals surface area contributed by atoms with Crippen LogP contribution in [0, 0.1) is 11.7 Å². The Kier molecular flexibility index (Phi) is 5.12. The molecule has 1 aliphatic heterocycles. The highest BCUT2D eigenvalue weighted by Crippen LogP contribution is 2.19. The minimum absolute atomic E-state index is 0.133. The summed E-state index contributed by atoms with van der Waals surface area (Å²) in [6.45, 7) is 3.59. The van der Waals surface area contributed by atoms with Crippen LogP contribution in [0.5, 0.6) is 0 Å². The summed E-state index contributed by atoms with van der Waals surface area (Å²) in [6, 6.07) is 6.59. The van der Waals surface area contributed by atoms with E-state index in [1.807, 2.05) is 17.9 Å². The maximum absolute atomic E-state index is 13.1. The van der Waals surface area contributed by atoms with E-state index in [-0.39, 0.29) is 17.8 Å². The number of hydrogen-bond acceptors (Lipinski definition) is 2. The molecule has 3 nitrogen and oxygen atoms in total. The molecular weight excluding hydrogens is 255 g/mol. The summed E-state index contributed by atoms with van der Waals surface area (Å²) in [6.07, 6.45) is 3.16. The normalized spacial score (nSPS) is 20.8. The van der Waals surface area contributed by atoms with Gasteiger partial charge in [0.1, 0.15) is 5.82 Å². The molecule has 0 radical (unpaired) electrons. The van der Waals surface area contributed by atoms with Crippen LogP contribution in [0.25, 0.3) is 0 Å². The lowest BCUT2D eigenvalue weighted by atomic mass is 9.92. The number of benzene rings is 1. The van der Waals surface area contributed by atoms with Crippen molar-refractivity contribution in [2.75, 3.05) is 13.1 Å². The zero-order chi connectivity index (χ0) is 14.5. The third-order valence-corrected chi connectivity index (χ3v) is 4.07. The Morgan fingerprint density at radius 3 is 3.05 bits per heavy atom. The van der Waals surface area contributed by atoms with Gasteiger partial charge in [0.05, 0.1) is 0 Å². The predicted molar refractivity (Wildman–Crippen MR) is 77.7 cm³/mol. The van der Waals surface area contributed by atoms with Crippen molar-refractivity contribution in [3.63, 3.8) is 0 Å². The molecule has 4 heteroatoms. The minimum atomic E-state index is -0.245. The first-order valence-electron chi connectivity index (χ1n) is 7.34. The van der Waals surface area contributed by atoms with E-state index < -0.39 is 0 Å². The number of rotatable bonds is 4. The molecule has 0 saturated carbocycles. The van der Waals surface area contributed by atoms with Crippen molar-refractivity contribution < 1.29 is 9.18 Å². The number of nitrogens with two attached hydrogens (primary N) is 1. The molecule has 20 heavy (non-hydrogen) atoms. The molecule has 0 bridgehead atoms. The van der Waals surface area contributed by atoms with E-state index in [1.165, 1.54) is 12.1 Å². The van der Waals surface area contributed by atoms with Crippen LogP contribution >= 0.6 is 0 Å². The molecule has 0 aromatic heterocycles. The number of likely N-dealkylation sites (tertiary alicyclic amines) is 1. The fraction of sp³-hybridized carbons (Fsp3) is 0.562. The quantitative estimate of drug-likeness (QED) is 0.919. The monoisotopic (exact) mass is 278 g/mol. The molecule has 2 N–H and O–H groups in total. The van der Waals surface area contributed by atoms with E-state index in [2.05, 4.69) is 0 Å². The molecule has 110 valence electrons. The standard InChI is InChI=1S/C16H23FN2O/c1-12(18)14-5-3-9-19(11-14)16(20)8-7-13-4-2-6-15(17)10-13/h2,4,6,10,12,14H,3,5,7-9,11,18H2,1H3/t12-,14+/m0/s1. The molecule has 1 aromatic carbocycles. The van der Waals surface area contributed by atoms with Crippen LogP contribution in [-0.2, 0) is 11.2 Å². The zero-order valence-corrected chi connectivity index (χ0v) is 12.0. The molecule has 2 atom stereocenters. The summed E-state index contributed by atoms with van der Waals surface area (Å²) >= 11 is 0. The molecule has 0 aliphatic carbocycles. The van der Waals surface area contributed by atoms with Crippen LogP contribution in [0.3, 0.4) is 0 Å². The molecule has 0 spiro atoms. The first kappa shape index (κ1) is 15.0. The number of aryl methyl sites for hydroxylation is 1. The van der Waals surface area contributed by atoms with E-state index in [0.29, 0.717) is 18.8 Å². The Balaban J connectivity index is 1.85. The van der Waals surface area contributed by atoms with Crippen LogP contribution in [0.2, 0.25) is 0 Å². The Hall–Kier alpha value is -1.42. The molecule has 1 saturated heterocycles. The number of hydrogen-bond donors (Lipinski definition) is 1. The lowest BCUT2D eigenvalue weighted by Gasteiger charge is -2.34. The predicted octanol–water partition coefficient (Wildman–Crippen LogP) is 2.34. The highest BCUT2D eigenvalue weighted by molar-refractivity contribution is 5.76. The van der Waals surface area contributed by atoms with Gasteiger partial charge in [0.15, 0.2) is 0 Å².